The van der Waals surface area contributed by atoms with Gasteiger partial charge in [-0.2, -0.15) is 0 Å². The van der Waals surface area contributed by atoms with Crippen LogP contribution in [0.4, 0.5) is 0 Å². The van der Waals surface area contributed by atoms with Crippen LogP contribution in [-0.4, -0.2) is 11.9 Å². The number of carbonyl (C=O) groups excluding carboxylic acids is 2. The Balaban J connectivity index is 2.53. The molecule has 2 aromatic rings. The van der Waals surface area contributed by atoms with Crippen LogP contribution in [-0.2, 0) is 15.0 Å². The van der Waals surface area contributed by atoms with E-state index in [1.54, 1.807) is 0 Å². The Morgan fingerprint density at radius 3 is 1.19 bits per heavy atom. The minimum atomic E-state index is -0.391. The maximum Gasteiger partial charge on any atom is 0.308 e. The Bertz CT molecular complexity index is 802. The van der Waals surface area contributed by atoms with E-state index in [-0.39, 0.29) is 5.41 Å². The number of rotatable bonds is 4. The van der Waals surface area contributed by atoms with Crippen molar-refractivity contribution in [3.63, 3.8) is 0 Å². The normalized spacial score (nSPS) is 11.3. The van der Waals surface area contributed by atoms with Gasteiger partial charge in [0.1, 0.15) is 0 Å². The smallest absolute Gasteiger partial charge is 0.308 e. The molecule has 0 aliphatic rings. The van der Waals surface area contributed by atoms with Gasteiger partial charge in [-0.25, -0.2) is 0 Å². The predicted molar refractivity (Wildman–Crippen MR) is 118 cm³/mol. The van der Waals surface area contributed by atoms with Gasteiger partial charge in [-0.05, 0) is 99.1 Å². The van der Waals surface area contributed by atoms with Gasteiger partial charge in [0.2, 0.25) is 0 Å². The number of carbonyl (C=O) groups is 2. The van der Waals surface area contributed by atoms with Crippen molar-refractivity contribution in [1.82, 2.24) is 0 Å². The van der Waals surface area contributed by atoms with E-state index < -0.39 is 11.9 Å². The van der Waals surface area contributed by atoms with Gasteiger partial charge in [0.25, 0.3) is 0 Å². The zero-order valence-electron chi connectivity index (χ0n) is 15.0. The van der Waals surface area contributed by atoms with Crippen LogP contribution < -0.4 is 9.47 Å². The number of hydrogen-bond acceptors (Lipinski definition) is 4. The Kier molecular flexibility index (Phi) is 7.33. The summed E-state index contributed by atoms with van der Waals surface area (Å²) >= 11 is 13.9. The highest BCUT2D eigenvalue weighted by Crippen LogP contribution is 2.44. The van der Waals surface area contributed by atoms with Gasteiger partial charge in [-0.3, -0.25) is 9.59 Å². The number of hydrogen-bond donors (Lipinski definition) is 0. The minimum absolute atomic E-state index is 0.389. The van der Waals surface area contributed by atoms with Crippen molar-refractivity contribution in [3.8, 4) is 11.5 Å². The summed E-state index contributed by atoms with van der Waals surface area (Å²) in [6.07, 6.45) is 0. The van der Waals surface area contributed by atoms with Gasteiger partial charge >= 0.3 is 11.9 Å². The second-order valence-corrected chi connectivity index (χ2v) is 9.77. The summed E-state index contributed by atoms with van der Waals surface area (Å²) in [5.74, 6) is 0.0962. The second-order valence-electron chi connectivity index (χ2n) is 6.35. The molecule has 0 aliphatic carbocycles. The monoisotopic (exact) mass is 624 g/mol. The molecule has 0 amide bonds. The molecule has 0 saturated carbocycles. The van der Waals surface area contributed by atoms with Gasteiger partial charge in [0.15, 0.2) is 11.5 Å². The van der Waals surface area contributed by atoms with Crippen molar-refractivity contribution in [2.45, 2.75) is 33.1 Å². The Labute approximate surface area is 191 Å². The first-order chi connectivity index (χ1) is 12.4. The molecule has 0 aliphatic heterocycles. The lowest BCUT2D eigenvalue weighted by Crippen LogP contribution is -2.19. The first-order valence-electron chi connectivity index (χ1n) is 7.79. The van der Waals surface area contributed by atoms with Crippen LogP contribution in [0.2, 0.25) is 0 Å². The molecule has 0 bridgehead atoms. The number of halogens is 4. The molecular weight excluding hydrogens is 612 g/mol. The van der Waals surface area contributed by atoms with Gasteiger partial charge in [0.05, 0.1) is 17.9 Å². The highest BCUT2D eigenvalue weighted by Gasteiger charge is 2.27. The summed E-state index contributed by atoms with van der Waals surface area (Å²) in [5.41, 5.74) is 1.60. The van der Waals surface area contributed by atoms with E-state index in [4.69, 9.17) is 9.47 Å². The fourth-order valence-corrected chi connectivity index (χ4v) is 5.19. The third kappa shape index (κ3) is 5.22. The molecule has 0 spiro atoms. The molecule has 8 heteroatoms. The molecule has 0 aromatic heterocycles. The molecule has 144 valence electrons. The van der Waals surface area contributed by atoms with Crippen molar-refractivity contribution >= 4 is 75.7 Å². The van der Waals surface area contributed by atoms with Crippen molar-refractivity contribution in [2.75, 3.05) is 0 Å². The van der Waals surface area contributed by atoms with Crippen LogP contribution in [0.5, 0.6) is 11.5 Å². The van der Waals surface area contributed by atoms with Crippen LogP contribution in [0.25, 0.3) is 0 Å². The predicted octanol–water partition coefficient (Wildman–Crippen LogP) is 6.91. The number of benzene rings is 2. The fourth-order valence-electron chi connectivity index (χ4n) is 2.49. The molecule has 0 unspecified atom stereocenters. The van der Waals surface area contributed by atoms with E-state index in [9.17, 15) is 9.59 Å². The Morgan fingerprint density at radius 2 is 0.963 bits per heavy atom. The lowest BCUT2D eigenvalue weighted by Gasteiger charge is -2.28. The molecule has 0 radical (unpaired) electrons. The third-order valence-electron chi connectivity index (χ3n) is 3.93. The van der Waals surface area contributed by atoms with Crippen LogP contribution in [0.15, 0.2) is 42.2 Å². The first-order valence-corrected chi connectivity index (χ1v) is 11.0. The van der Waals surface area contributed by atoms with Gasteiger partial charge in [-0.1, -0.05) is 13.8 Å². The van der Waals surface area contributed by atoms with E-state index in [2.05, 4.69) is 77.6 Å². The maximum atomic E-state index is 11.3. The Morgan fingerprint density at radius 1 is 0.704 bits per heavy atom. The summed E-state index contributed by atoms with van der Waals surface area (Å²) < 4.78 is 13.2. The molecule has 2 aromatic carbocycles. The molecule has 4 nitrogen and oxygen atoms in total. The van der Waals surface area contributed by atoms with E-state index >= 15 is 0 Å². The van der Waals surface area contributed by atoms with Crippen LogP contribution >= 0.6 is 63.7 Å². The summed E-state index contributed by atoms with van der Waals surface area (Å²) in [6, 6.07) is 7.69. The van der Waals surface area contributed by atoms with Crippen LogP contribution in [0, 0.1) is 0 Å². The quantitative estimate of drug-likeness (QED) is 0.273. The highest BCUT2D eigenvalue weighted by molar-refractivity contribution is 9.11. The summed E-state index contributed by atoms with van der Waals surface area (Å²) in [5, 5.41) is 0. The molecule has 0 atom stereocenters. The second kappa shape index (κ2) is 8.76. The summed E-state index contributed by atoms with van der Waals surface area (Å²) in [6.45, 7) is 6.87. The van der Waals surface area contributed by atoms with Crippen molar-refractivity contribution in [1.29, 1.82) is 0 Å². The molecule has 0 heterocycles. The largest absolute Gasteiger partial charge is 0.424 e. The van der Waals surface area contributed by atoms with E-state index in [0.717, 1.165) is 11.1 Å². The summed E-state index contributed by atoms with van der Waals surface area (Å²) in [4.78, 5) is 22.6. The van der Waals surface area contributed by atoms with E-state index in [0.29, 0.717) is 29.4 Å². The average Bonchev–Trinajstić information content (AvgIpc) is 2.53. The topological polar surface area (TPSA) is 52.6 Å². The van der Waals surface area contributed by atoms with Crippen LogP contribution in [0.3, 0.4) is 0 Å². The van der Waals surface area contributed by atoms with Gasteiger partial charge in [0, 0.05) is 19.3 Å². The van der Waals surface area contributed by atoms with Gasteiger partial charge < -0.3 is 9.47 Å². The van der Waals surface area contributed by atoms with E-state index in [1.165, 1.54) is 13.8 Å². The zero-order valence-corrected chi connectivity index (χ0v) is 21.3. The lowest BCUT2D eigenvalue weighted by molar-refractivity contribution is -0.132. The van der Waals surface area contributed by atoms with Crippen LogP contribution in [0.1, 0.15) is 38.8 Å². The SMILES string of the molecule is CC(=O)Oc1c(Br)cc(C(C)(C)c2cc(Br)c(OC(C)=O)c(Br)c2)cc1Br. The van der Waals surface area contributed by atoms with Crippen molar-refractivity contribution in [2.24, 2.45) is 0 Å². The molecule has 0 fully saturated rings. The summed E-state index contributed by atoms with van der Waals surface area (Å²) in [7, 11) is 0. The Hall–Kier alpha value is -0.700. The molecule has 0 N–H and O–H groups in total. The standard InChI is InChI=1S/C19H16Br4O4/c1-9(24)26-17-13(20)5-11(6-14(17)21)19(3,4)12-7-15(22)18(16(23)8-12)27-10(2)25/h5-8H,1-4H3. The number of esters is 2. The van der Waals surface area contributed by atoms with Crippen molar-refractivity contribution < 1.29 is 19.1 Å². The maximum absolute atomic E-state index is 11.3. The number of ether oxygens (including phenoxy) is 2. The third-order valence-corrected chi connectivity index (χ3v) is 6.29. The van der Waals surface area contributed by atoms with Crippen molar-refractivity contribution in [3.05, 3.63) is 53.3 Å². The lowest BCUT2D eigenvalue weighted by atomic mass is 9.78. The molecule has 2 rings (SSSR count). The molecular formula is C19H16Br4O4. The zero-order chi connectivity index (χ0) is 20.5. The molecule has 27 heavy (non-hydrogen) atoms. The molecule has 0 saturated heterocycles. The minimum Gasteiger partial charge on any atom is -0.424 e. The first kappa shape index (κ1) is 22.6. The average molecular weight is 628 g/mol. The van der Waals surface area contributed by atoms with Gasteiger partial charge in [-0.15, -0.1) is 0 Å². The highest BCUT2D eigenvalue weighted by atomic mass is 79.9. The fraction of sp³-hybridized carbons (Fsp3) is 0.263. The van der Waals surface area contributed by atoms with E-state index in [1.807, 2.05) is 24.3 Å².